The Bertz CT molecular complexity index is 64.8. The SMILES string of the molecule is CCN[C](=[W])NCC. The Hall–Kier alpha value is 0.478. The summed E-state index contributed by atoms with van der Waals surface area (Å²) in [5.74, 6) is 0. The third-order valence-electron chi connectivity index (χ3n) is 0.675. The van der Waals surface area contributed by atoms with Crippen LogP contribution in [0.2, 0.25) is 0 Å². The molecule has 8 heavy (non-hydrogen) atoms. The Morgan fingerprint density at radius 3 is 1.88 bits per heavy atom. The van der Waals surface area contributed by atoms with Gasteiger partial charge in [0.25, 0.3) is 0 Å². The Morgan fingerprint density at radius 2 is 1.62 bits per heavy atom. The van der Waals surface area contributed by atoms with E-state index in [4.69, 9.17) is 0 Å². The van der Waals surface area contributed by atoms with Crippen LogP contribution in [0, 0.1) is 0 Å². The summed E-state index contributed by atoms with van der Waals surface area (Å²) in [6, 6.07) is 0. The summed E-state index contributed by atoms with van der Waals surface area (Å²) in [7, 11) is 0. The maximum atomic E-state index is 3.19. The maximum absolute atomic E-state index is 3.19. The number of nitrogens with one attached hydrogen (secondary N) is 2. The first kappa shape index (κ1) is 8.48. The molecule has 0 spiro atoms. The molecule has 0 amide bonds. The number of rotatable bonds is 4. The summed E-state index contributed by atoms with van der Waals surface area (Å²) in [5.41, 5.74) is 0. The van der Waals surface area contributed by atoms with Crippen LogP contribution in [0.5, 0.6) is 0 Å². The van der Waals surface area contributed by atoms with Gasteiger partial charge in [0.2, 0.25) is 0 Å². The molecule has 0 aromatic carbocycles. The number of hydrogen-bond acceptors (Lipinski definition) is 2. The summed E-state index contributed by atoms with van der Waals surface area (Å²) < 4.78 is 1.25. The van der Waals surface area contributed by atoms with Crippen LogP contribution >= 0.6 is 0 Å². The van der Waals surface area contributed by atoms with Crippen LogP contribution < -0.4 is 10.6 Å². The Morgan fingerprint density at radius 1 is 1.25 bits per heavy atom. The molecule has 0 fully saturated rings. The standard InChI is InChI=1S/C5H12N2.W/c1-3-6-5-7-4-2;/h6-7H,3-4H2,1-2H3;. The molecule has 0 saturated carbocycles. The summed E-state index contributed by atoms with van der Waals surface area (Å²) in [4.78, 5) is 0. The van der Waals surface area contributed by atoms with Crippen LogP contribution in [-0.2, 0) is 19.4 Å². The van der Waals surface area contributed by atoms with E-state index < -0.39 is 0 Å². The third kappa shape index (κ3) is 4.63. The average molecular weight is 284 g/mol. The normalized spacial score (nSPS) is 9.25. The zero-order valence-electron chi connectivity index (χ0n) is 5.32. The van der Waals surface area contributed by atoms with Crippen LogP contribution in [0.15, 0.2) is 0 Å². The molecular formula is C5H12N2W. The zero-order chi connectivity index (χ0) is 6.41. The van der Waals surface area contributed by atoms with Crippen molar-refractivity contribution in [2.75, 3.05) is 13.1 Å². The van der Waals surface area contributed by atoms with Gasteiger partial charge in [0.15, 0.2) is 0 Å². The van der Waals surface area contributed by atoms with Crippen LogP contribution in [0.3, 0.4) is 0 Å². The second-order valence-electron chi connectivity index (χ2n) is 1.39. The van der Waals surface area contributed by atoms with E-state index in [-0.39, 0.29) is 0 Å². The Kier molecular flexibility index (Phi) is 5.95. The van der Waals surface area contributed by atoms with Gasteiger partial charge in [0, 0.05) is 0 Å². The van der Waals surface area contributed by atoms with Crippen molar-refractivity contribution in [1.82, 2.24) is 10.6 Å². The van der Waals surface area contributed by atoms with Gasteiger partial charge in [-0.3, -0.25) is 0 Å². The topological polar surface area (TPSA) is 24.1 Å². The van der Waals surface area contributed by atoms with Gasteiger partial charge >= 0.3 is 61.1 Å². The molecule has 0 rings (SSSR count). The van der Waals surface area contributed by atoms with E-state index in [1.165, 1.54) is 23.5 Å². The second-order valence-corrected chi connectivity index (χ2v) is 2.86. The fourth-order valence-electron chi connectivity index (χ4n) is 0.384. The molecule has 0 aromatic rings. The minimum atomic E-state index is 1.02. The first-order valence-corrected chi connectivity index (χ1v) is 4.29. The molecule has 48 valence electrons. The van der Waals surface area contributed by atoms with Gasteiger partial charge < -0.3 is 0 Å². The molecule has 2 N–H and O–H groups in total. The molecule has 0 aromatic heterocycles. The van der Waals surface area contributed by atoms with Crippen molar-refractivity contribution in [2.24, 2.45) is 0 Å². The van der Waals surface area contributed by atoms with E-state index >= 15 is 0 Å². The Labute approximate surface area is 61.5 Å². The summed E-state index contributed by atoms with van der Waals surface area (Å²) in [6.45, 7) is 6.23. The van der Waals surface area contributed by atoms with Crippen molar-refractivity contribution in [3.8, 4) is 0 Å². The van der Waals surface area contributed by atoms with Crippen LogP contribution in [0.1, 0.15) is 13.8 Å². The van der Waals surface area contributed by atoms with Gasteiger partial charge in [-0.2, -0.15) is 0 Å². The van der Waals surface area contributed by atoms with E-state index in [0.29, 0.717) is 0 Å². The number of hydrogen-bond donors (Lipinski definition) is 2. The van der Waals surface area contributed by atoms with E-state index in [0.717, 1.165) is 13.1 Å². The van der Waals surface area contributed by atoms with Crippen molar-refractivity contribution >= 4 is 4.15 Å². The molecule has 2 nitrogen and oxygen atoms in total. The molecule has 0 bridgehead atoms. The monoisotopic (exact) mass is 284 g/mol. The molecule has 0 radical (unpaired) electrons. The molecule has 0 aliphatic heterocycles. The fraction of sp³-hybridized carbons (Fsp3) is 0.800. The van der Waals surface area contributed by atoms with Gasteiger partial charge in [0.05, 0.1) is 0 Å². The molecule has 3 heteroatoms. The van der Waals surface area contributed by atoms with Crippen LogP contribution in [-0.4, -0.2) is 17.2 Å². The predicted molar refractivity (Wildman–Crippen MR) is 32.4 cm³/mol. The molecular weight excluding hydrogens is 272 g/mol. The average Bonchev–Trinajstić information content (AvgIpc) is 1.68. The van der Waals surface area contributed by atoms with Crippen LogP contribution in [0.4, 0.5) is 0 Å². The van der Waals surface area contributed by atoms with E-state index in [1.54, 1.807) is 0 Å². The van der Waals surface area contributed by atoms with Gasteiger partial charge in [-0.05, 0) is 0 Å². The molecule has 0 heterocycles. The molecule has 0 atom stereocenters. The van der Waals surface area contributed by atoms with Gasteiger partial charge in [-0.15, -0.1) is 0 Å². The van der Waals surface area contributed by atoms with Gasteiger partial charge in [-0.1, -0.05) is 0 Å². The molecule has 0 aliphatic carbocycles. The van der Waals surface area contributed by atoms with Gasteiger partial charge in [-0.25, -0.2) is 0 Å². The van der Waals surface area contributed by atoms with Crippen molar-refractivity contribution in [2.45, 2.75) is 13.8 Å². The minimum absolute atomic E-state index is 1.02. The Balaban J connectivity index is 3.06. The summed E-state index contributed by atoms with van der Waals surface area (Å²) >= 11 is 1.48. The molecule has 0 unspecified atom stereocenters. The summed E-state index contributed by atoms with van der Waals surface area (Å²) in [5, 5.41) is 6.38. The summed E-state index contributed by atoms with van der Waals surface area (Å²) in [6.07, 6.45) is 0. The predicted octanol–water partition coefficient (Wildman–Crippen LogP) is -0.160. The van der Waals surface area contributed by atoms with Gasteiger partial charge in [0.1, 0.15) is 0 Å². The molecule has 0 aliphatic rings. The molecule has 0 saturated heterocycles. The third-order valence-corrected chi connectivity index (χ3v) is 1.71. The zero-order valence-corrected chi connectivity index (χ0v) is 8.26. The first-order chi connectivity index (χ1) is 3.81. The van der Waals surface area contributed by atoms with Crippen LogP contribution in [0.25, 0.3) is 0 Å². The quantitative estimate of drug-likeness (QED) is 0.749. The van der Waals surface area contributed by atoms with E-state index in [2.05, 4.69) is 24.5 Å². The van der Waals surface area contributed by atoms with Crippen molar-refractivity contribution < 1.29 is 19.4 Å². The fourth-order valence-corrected chi connectivity index (χ4v) is 1.42. The van der Waals surface area contributed by atoms with Crippen molar-refractivity contribution in [3.05, 3.63) is 0 Å². The van der Waals surface area contributed by atoms with E-state index in [9.17, 15) is 0 Å². The second kappa shape index (κ2) is 5.61. The van der Waals surface area contributed by atoms with Crippen molar-refractivity contribution in [3.63, 3.8) is 0 Å². The van der Waals surface area contributed by atoms with Crippen molar-refractivity contribution in [1.29, 1.82) is 0 Å². The first-order valence-electron chi connectivity index (χ1n) is 2.83. The van der Waals surface area contributed by atoms with E-state index in [1.807, 2.05) is 0 Å².